The molecule has 2 aromatic heterocycles. The molecule has 2 rings (SSSR count). The molecule has 8 heteroatoms. The lowest BCUT2D eigenvalue weighted by molar-refractivity contribution is 0.462. The third kappa shape index (κ3) is 6.35. The number of hydrogen-bond donors (Lipinski definition) is 1. The molecule has 6 nitrogen and oxygen atoms in total. The summed E-state index contributed by atoms with van der Waals surface area (Å²) in [6.07, 6.45) is 3.73. The van der Waals surface area contributed by atoms with Crippen molar-refractivity contribution in [3.63, 3.8) is 0 Å². The molecule has 0 saturated carbocycles. The van der Waals surface area contributed by atoms with Crippen LogP contribution in [-0.4, -0.2) is 48.1 Å². The molecule has 1 N–H and O–H groups in total. The summed E-state index contributed by atoms with van der Waals surface area (Å²) in [4.78, 5) is 13.2. The Bertz CT molecular complexity index is 728. The summed E-state index contributed by atoms with van der Waals surface area (Å²) in [5.41, 5.74) is 2.27. The minimum absolute atomic E-state index is 0. The number of hydrogen-bond acceptors (Lipinski definition) is 3. The molecule has 0 atom stereocenters. The van der Waals surface area contributed by atoms with E-state index in [1.165, 1.54) is 0 Å². The second-order valence-electron chi connectivity index (χ2n) is 6.20. The molecule has 0 aliphatic heterocycles. The van der Waals surface area contributed by atoms with Crippen LogP contribution < -0.4 is 10.2 Å². The molecule has 144 valence electrons. The van der Waals surface area contributed by atoms with E-state index in [1.807, 2.05) is 62.2 Å². The molecule has 0 saturated heterocycles. The Hall–Kier alpha value is -1.48. The highest BCUT2D eigenvalue weighted by Gasteiger charge is 2.10. The van der Waals surface area contributed by atoms with E-state index in [9.17, 15) is 0 Å². The predicted molar refractivity (Wildman–Crippen MR) is 121 cm³/mol. The molecule has 26 heavy (non-hydrogen) atoms. The number of halogens is 2. The fourth-order valence-corrected chi connectivity index (χ4v) is 2.75. The number of aryl methyl sites for hydroxylation is 1. The van der Waals surface area contributed by atoms with Crippen molar-refractivity contribution in [3.05, 3.63) is 46.9 Å². The zero-order valence-electron chi connectivity index (χ0n) is 16.0. The number of pyridine rings is 1. The molecule has 2 aromatic rings. The van der Waals surface area contributed by atoms with E-state index in [0.29, 0.717) is 6.54 Å². The van der Waals surface area contributed by atoms with Gasteiger partial charge in [0, 0.05) is 52.8 Å². The Morgan fingerprint density at radius 2 is 2.04 bits per heavy atom. The maximum atomic E-state index is 6.08. The fourth-order valence-electron chi connectivity index (χ4n) is 2.48. The lowest BCUT2D eigenvalue weighted by atomic mass is 10.2. The van der Waals surface area contributed by atoms with Gasteiger partial charge in [0.25, 0.3) is 0 Å². The van der Waals surface area contributed by atoms with Gasteiger partial charge in [0.05, 0.1) is 18.1 Å². The molecule has 0 spiro atoms. The molecule has 0 radical (unpaired) electrons. The fraction of sp³-hybridized carbons (Fsp3) is 0.444. The molecule has 0 aliphatic rings. The molecule has 0 bridgehead atoms. The number of aliphatic imine (C=N–C) groups is 1. The zero-order valence-corrected chi connectivity index (χ0v) is 19.1. The summed E-state index contributed by atoms with van der Waals surface area (Å²) >= 11 is 6.08. The van der Waals surface area contributed by atoms with Gasteiger partial charge >= 0.3 is 0 Å². The molecular weight excluding hydrogens is 463 g/mol. The first-order valence-corrected chi connectivity index (χ1v) is 8.71. The molecule has 0 amide bonds. The van der Waals surface area contributed by atoms with E-state index in [4.69, 9.17) is 16.6 Å². The van der Waals surface area contributed by atoms with Gasteiger partial charge in [-0.2, -0.15) is 0 Å². The average Bonchev–Trinajstić information content (AvgIpc) is 2.88. The smallest absolute Gasteiger partial charge is 0.194 e. The summed E-state index contributed by atoms with van der Waals surface area (Å²) in [6, 6.07) is 6.04. The van der Waals surface area contributed by atoms with Crippen LogP contribution >= 0.6 is 35.6 Å². The van der Waals surface area contributed by atoms with Gasteiger partial charge in [-0.05, 0) is 30.7 Å². The third-order valence-corrected chi connectivity index (χ3v) is 4.06. The van der Waals surface area contributed by atoms with Crippen LogP contribution in [0.15, 0.2) is 35.6 Å². The minimum Gasteiger partial charge on any atom is -0.363 e. The van der Waals surface area contributed by atoms with E-state index in [2.05, 4.69) is 28.2 Å². The van der Waals surface area contributed by atoms with Gasteiger partial charge in [0.1, 0.15) is 5.82 Å². The Balaban J connectivity index is 0.00000338. The molecule has 0 aromatic carbocycles. The van der Waals surface area contributed by atoms with E-state index in [-0.39, 0.29) is 24.0 Å². The second-order valence-corrected chi connectivity index (χ2v) is 6.64. The molecule has 2 heterocycles. The van der Waals surface area contributed by atoms with Crippen molar-refractivity contribution in [1.82, 2.24) is 19.8 Å². The highest BCUT2D eigenvalue weighted by Crippen LogP contribution is 2.14. The minimum atomic E-state index is 0. The largest absolute Gasteiger partial charge is 0.363 e. The quantitative estimate of drug-likeness (QED) is 0.383. The lowest BCUT2D eigenvalue weighted by Gasteiger charge is -2.22. The number of rotatable bonds is 6. The molecule has 0 fully saturated rings. The van der Waals surface area contributed by atoms with E-state index >= 15 is 0 Å². The summed E-state index contributed by atoms with van der Waals surface area (Å²) in [5.74, 6) is 1.80. The Kier molecular flexibility index (Phi) is 9.21. The second kappa shape index (κ2) is 10.6. The topological polar surface area (TPSA) is 48.7 Å². The first-order chi connectivity index (χ1) is 11.9. The monoisotopic (exact) mass is 490 g/mol. The molecule has 0 aliphatic carbocycles. The van der Waals surface area contributed by atoms with Crippen molar-refractivity contribution >= 4 is 47.4 Å². The Morgan fingerprint density at radius 3 is 2.62 bits per heavy atom. The van der Waals surface area contributed by atoms with Gasteiger partial charge < -0.3 is 19.7 Å². The number of nitrogens with zero attached hydrogens (tertiary/aromatic N) is 5. The van der Waals surface area contributed by atoms with Gasteiger partial charge in [-0.1, -0.05) is 11.6 Å². The van der Waals surface area contributed by atoms with Crippen molar-refractivity contribution in [2.24, 2.45) is 12.0 Å². The van der Waals surface area contributed by atoms with Crippen LogP contribution in [0.5, 0.6) is 0 Å². The number of nitrogens with one attached hydrogen (secondary N) is 1. The van der Waals surface area contributed by atoms with Gasteiger partial charge in [-0.25, -0.2) is 9.98 Å². The zero-order chi connectivity index (χ0) is 18.4. The predicted octanol–water partition coefficient (Wildman–Crippen LogP) is 3.36. The lowest BCUT2D eigenvalue weighted by Crippen LogP contribution is -2.38. The van der Waals surface area contributed by atoms with Crippen LogP contribution in [0.1, 0.15) is 18.2 Å². The van der Waals surface area contributed by atoms with Gasteiger partial charge in [-0.15, -0.1) is 24.0 Å². The number of guanidine groups is 1. The van der Waals surface area contributed by atoms with Crippen LogP contribution in [0, 0.1) is 0 Å². The number of aromatic nitrogens is 2. The SMILES string of the molecule is CCNC(=NCc1ccnc(N(C)C)c1)N(C)Cc1cc(Cl)cn1C.I. The van der Waals surface area contributed by atoms with Crippen LogP contribution in [-0.2, 0) is 20.1 Å². The van der Waals surface area contributed by atoms with Crippen molar-refractivity contribution < 1.29 is 0 Å². The first kappa shape index (κ1) is 22.6. The molecule has 0 unspecified atom stereocenters. The van der Waals surface area contributed by atoms with E-state index in [0.717, 1.165) is 41.1 Å². The summed E-state index contributed by atoms with van der Waals surface area (Å²) < 4.78 is 2.04. The summed E-state index contributed by atoms with van der Waals surface area (Å²) in [5, 5.41) is 4.09. The average molecular weight is 491 g/mol. The Labute approximate surface area is 178 Å². The summed E-state index contributed by atoms with van der Waals surface area (Å²) in [7, 11) is 8.00. The number of anilines is 1. The highest BCUT2D eigenvalue weighted by atomic mass is 127. The van der Waals surface area contributed by atoms with Crippen LogP contribution in [0.4, 0.5) is 5.82 Å². The van der Waals surface area contributed by atoms with Gasteiger partial charge in [-0.3, -0.25) is 0 Å². The van der Waals surface area contributed by atoms with Crippen LogP contribution in [0.25, 0.3) is 0 Å². The molecular formula is C18H28ClIN6. The summed E-state index contributed by atoms with van der Waals surface area (Å²) in [6.45, 7) is 4.22. The standard InChI is InChI=1S/C18H27ClN6.HI/c1-6-20-18(25(5)13-16-10-15(19)12-24(16)4)22-11-14-7-8-21-17(9-14)23(2)3;/h7-10,12H,6,11,13H2,1-5H3,(H,20,22);1H. The maximum absolute atomic E-state index is 6.08. The van der Waals surface area contributed by atoms with Crippen LogP contribution in [0.2, 0.25) is 5.02 Å². The first-order valence-electron chi connectivity index (χ1n) is 8.33. The normalized spacial score (nSPS) is 11.1. The van der Waals surface area contributed by atoms with E-state index in [1.54, 1.807) is 0 Å². The highest BCUT2D eigenvalue weighted by molar-refractivity contribution is 14.0. The Morgan fingerprint density at radius 1 is 1.31 bits per heavy atom. The van der Waals surface area contributed by atoms with Crippen molar-refractivity contribution in [3.8, 4) is 0 Å². The maximum Gasteiger partial charge on any atom is 0.194 e. The van der Waals surface area contributed by atoms with Crippen molar-refractivity contribution in [1.29, 1.82) is 0 Å². The van der Waals surface area contributed by atoms with Gasteiger partial charge in [0.15, 0.2) is 5.96 Å². The van der Waals surface area contributed by atoms with Gasteiger partial charge in [0.2, 0.25) is 0 Å². The third-order valence-electron chi connectivity index (χ3n) is 3.85. The van der Waals surface area contributed by atoms with Crippen LogP contribution in [0.3, 0.4) is 0 Å². The van der Waals surface area contributed by atoms with E-state index < -0.39 is 0 Å². The van der Waals surface area contributed by atoms with Crippen molar-refractivity contribution in [2.45, 2.75) is 20.0 Å². The van der Waals surface area contributed by atoms with Crippen molar-refractivity contribution in [2.75, 3.05) is 32.6 Å².